The molecule has 5 nitrogen and oxygen atoms in total. The second-order valence-corrected chi connectivity index (χ2v) is 5.72. The minimum Gasteiger partial charge on any atom is -0.347 e. The fraction of sp³-hybridized carbons (Fsp3) is 0.235. The summed E-state index contributed by atoms with van der Waals surface area (Å²) >= 11 is 0. The van der Waals surface area contributed by atoms with Crippen LogP contribution in [0.5, 0.6) is 0 Å². The summed E-state index contributed by atoms with van der Waals surface area (Å²) in [6, 6.07) is 10.2. The average Bonchev–Trinajstić information content (AvgIpc) is 2.73. The smallest absolute Gasteiger partial charge is 0.243 e. The van der Waals surface area contributed by atoms with E-state index >= 15 is 0 Å². The van der Waals surface area contributed by atoms with E-state index in [4.69, 9.17) is 0 Å². The first kappa shape index (κ1) is 14.3. The molecule has 2 aromatic rings. The highest BCUT2D eigenvalue weighted by Crippen LogP contribution is 2.46. The Hall–Kier alpha value is -2.69. The van der Waals surface area contributed by atoms with Gasteiger partial charge < -0.3 is 4.90 Å². The average molecular weight is 293 g/mol. The minimum absolute atomic E-state index is 0.0411. The van der Waals surface area contributed by atoms with Gasteiger partial charge in [-0.2, -0.15) is 5.10 Å². The third kappa shape index (κ3) is 2.45. The van der Waals surface area contributed by atoms with Gasteiger partial charge in [0.1, 0.15) is 0 Å². The van der Waals surface area contributed by atoms with Gasteiger partial charge in [-0.25, -0.2) is 15.4 Å². The molecule has 2 heterocycles. The van der Waals surface area contributed by atoms with Crippen molar-refractivity contribution < 1.29 is 0 Å². The molecule has 0 fully saturated rings. The summed E-state index contributed by atoms with van der Waals surface area (Å²) in [6.07, 6.45) is 7.12. The van der Waals surface area contributed by atoms with Crippen LogP contribution in [0.15, 0.2) is 59.6 Å². The Labute approximate surface area is 130 Å². The quantitative estimate of drug-likeness (QED) is 0.697. The van der Waals surface area contributed by atoms with Crippen LogP contribution in [-0.2, 0) is 5.41 Å². The summed E-state index contributed by atoms with van der Waals surface area (Å²) in [7, 11) is 2.08. The lowest BCUT2D eigenvalue weighted by molar-refractivity contribution is 0.641. The fourth-order valence-corrected chi connectivity index (χ4v) is 2.86. The van der Waals surface area contributed by atoms with Gasteiger partial charge in [-0.15, -0.1) is 0 Å². The molecule has 0 saturated heterocycles. The van der Waals surface area contributed by atoms with Crippen LogP contribution in [0, 0.1) is 0 Å². The predicted octanol–water partition coefficient (Wildman–Crippen LogP) is 3.19. The highest BCUT2D eigenvalue weighted by atomic mass is 15.3. The standard InChI is InChI=1S/C17H19N5/c1-17(2)13-7-4-5-8-14(13)22(3)15(17)9-12-20-21-16-18-10-6-11-19-16/h4-12H,1-3H3,(H,18,19,21)/b15-9+,20-12?. The van der Waals surface area contributed by atoms with E-state index in [1.165, 1.54) is 16.9 Å². The Morgan fingerprint density at radius 2 is 1.86 bits per heavy atom. The largest absolute Gasteiger partial charge is 0.347 e. The maximum Gasteiger partial charge on any atom is 0.243 e. The second kappa shape index (κ2) is 5.60. The number of para-hydroxylation sites is 1. The number of likely N-dealkylation sites (N-methyl/N-ethyl adjacent to an activating group) is 1. The van der Waals surface area contributed by atoms with Crippen molar-refractivity contribution in [2.45, 2.75) is 19.3 Å². The number of allylic oxidation sites excluding steroid dienone is 2. The maximum absolute atomic E-state index is 4.16. The Bertz CT molecular complexity index is 719. The molecule has 1 aliphatic rings. The maximum atomic E-state index is 4.16. The number of hydrazone groups is 1. The van der Waals surface area contributed by atoms with Crippen LogP contribution < -0.4 is 10.3 Å². The van der Waals surface area contributed by atoms with Gasteiger partial charge in [-0.3, -0.25) is 0 Å². The second-order valence-electron chi connectivity index (χ2n) is 5.72. The van der Waals surface area contributed by atoms with Crippen molar-refractivity contribution >= 4 is 17.9 Å². The summed E-state index contributed by atoms with van der Waals surface area (Å²) in [6.45, 7) is 4.45. The monoisotopic (exact) mass is 293 g/mol. The molecular formula is C17H19N5. The van der Waals surface area contributed by atoms with Gasteiger partial charge in [0, 0.05) is 42.5 Å². The van der Waals surface area contributed by atoms with Crippen molar-refractivity contribution in [1.29, 1.82) is 0 Å². The number of nitrogens with zero attached hydrogens (tertiary/aromatic N) is 4. The molecule has 5 heteroatoms. The van der Waals surface area contributed by atoms with Crippen molar-refractivity contribution in [3.63, 3.8) is 0 Å². The van der Waals surface area contributed by atoms with E-state index < -0.39 is 0 Å². The first-order valence-electron chi connectivity index (χ1n) is 7.21. The molecule has 1 aliphatic heterocycles. The molecule has 1 aromatic carbocycles. The van der Waals surface area contributed by atoms with Crippen LogP contribution in [0.25, 0.3) is 0 Å². The van der Waals surface area contributed by atoms with Gasteiger partial charge in [0.25, 0.3) is 0 Å². The lowest BCUT2D eigenvalue weighted by atomic mass is 9.84. The number of hydrogen-bond acceptors (Lipinski definition) is 5. The molecule has 22 heavy (non-hydrogen) atoms. The predicted molar refractivity (Wildman–Crippen MR) is 90.1 cm³/mol. The van der Waals surface area contributed by atoms with Gasteiger partial charge in [-0.1, -0.05) is 32.0 Å². The summed E-state index contributed by atoms with van der Waals surface area (Å²) in [5.74, 6) is 0.486. The number of aromatic nitrogens is 2. The molecule has 0 radical (unpaired) electrons. The van der Waals surface area contributed by atoms with Crippen molar-refractivity contribution in [3.8, 4) is 0 Å². The van der Waals surface area contributed by atoms with Gasteiger partial charge in [0.2, 0.25) is 5.95 Å². The summed E-state index contributed by atoms with van der Waals surface area (Å²) in [5.41, 5.74) is 6.55. The molecule has 3 rings (SSSR count). The van der Waals surface area contributed by atoms with Gasteiger partial charge in [0.15, 0.2) is 0 Å². The zero-order valence-corrected chi connectivity index (χ0v) is 13.0. The molecule has 112 valence electrons. The van der Waals surface area contributed by atoms with Gasteiger partial charge in [-0.05, 0) is 23.8 Å². The van der Waals surface area contributed by atoms with Crippen molar-refractivity contribution in [3.05, 3.63) is 60.1 Å². The SMILES string of the molecule is CN1/C(=C/C=NNc2ncccn2)C(C)(C)c2ccccc21. The van der Waals surface area contributed by atoms with Crippen molar-refractivity contribution in [1.82, 2.24) is 9.97 Å². The van der Waals surface area contributed by atoms with Crippen LogP contribution in [0.3, 0.4) is 0 Å². The van der Waals surface area contributed by atoms with Crippen LogP contribution >= 0.6 is 0 Å². The molecule has 0 amide bonds. The van der Waals surface area contributed by atoms with Crippen LogP contribution in [-0.4, -0.2) is 23.2 Å². The van der Waals surface area contributed by atoms with Crippen LogP contribution in [0.2, 0.25) is 0 Å². The molecule has 0 aliphatic carbocycles. The Kier molecular flexibility index (Phi) is 3.63. The van der Waals surface area contributed by atoms with Gasteiger partial charge >= 0.3 is 0 Å². The first-order chi connectivity index (χ1) is 10.6. The van der Waals surface area contributed by atoms with E-state index in [1.54, 1.807) is 24.7 Å². The molecule has 0 bridgehead atoms. The lowest BCUT2D eigenvalue weighted by Crippen LogP contribution is -2.23. The number of nitrogens with one attached hydrogen (secondary N) is 1. The van der Waals surface area contributed by atoms with E-state index in [1.807, 2.05) is 6.08 Å². The Morgan fingerprint density at radius 3 is 2.59 bits per heavy atom. The molecule has 1 N–H and O–H groups in total. The molecule has 1 aromatic heterocycles. The third-order valence-corrected chi connectivity index (χ3v) is 3.98. The van der Waals surface area contributed by atoms with Crippen LogP contribution in [0.1, 0.15) is 19.4 Å². The first-order valence-corrected chi connectivity index (χ1v) is 7.21. The van der Waals surface area contributed by atoms with E-state index in [-0.39, 0.29) is 5.41 Å². The summed E-state index contributed by atoms with van der Waals surface area (Å²) in [5, 5.41) is 4.16. The third-order valence-electron chi connectivity index (χ3n) is 3.98. The number of benzene rings is 1. The zero-order chi connectivity index (χ0) is 15.6. The molecular weight excluding hydrogens is 274 g/mol. The minimum atomic E-state index is -0.0411. The van der Waals surface area contributed by atoms with E-state index in [0.717, 1.165) is 0 Å². The number of fused-ring (bicyclic) bond motifs is 1. The Balaban J connectivity index is 1.80. The van der Waals surface area contributed by atoms with E-state index in [2.05, 4.69) is 70.6 Å². The molecule has 0 spiro atoms. The van der Waals surface area contributed by atoms with Gasteiger partial charge in [0.05, 0.1) is 0 Å². The number of hydrogen-bond donors (Lipinski definition) is 1. The van der Waals surface area contributed by atoms with Crippen molar-refractivity contribution in [2.24, 2.45) is 5.10 Å². The topological polar surface area (TPSA) is 53.4 Å². The number of rotatable bonds is 3. The zero-order valence-electron chi connectivity index (χ0n) is 13.0. The Morgan fingerprint density at radius 1 is 1.14 bits per heavy atom. The fourth-order valence-electron chi connectivity index (χ4n) is 2.86. The summed E-state index contributed by atoms with van der Waals surface area (Å²) in [4.78, 5) is 10.3. The highest BCUT2D eigenvalue weighted by Gasteiger charge is 2.37. The molecule has 0 atom stereocenters. The summed E-state index contributed by atoms with van der Waals surface area (Å²) < 4.78 is 0. The lowest BCUT2D eigenvalue weighted by Gasteiger charge is -2.23. The highest BCUT2D eigenvalue weighted by molar-refractivity contribution is 5.79. The normalized spacial score (nSPS) is 18.0. The molecule has 0 saturated carbocycles. The number of anilines is 2. The van der Waals surface area contributed by atoms with E-state index in [9.17, 15) is 0 Å². The molecule has 0 unspecified atom stereocenters. The van der Waals surface area contributed by atoms with Crippen molar-refractivity contribution in [2.75, 3.05) is 17.4 Å². The van der Waals surface area contributed by atoms with Crippen LogP contribution in [0.4, 0.5) is 11.6 Å². The van der Waals surface area contributed by atoms with E-state index in [0.29, 0.717) is 5.95 Å².